The highest BCUT2D eigenvalue weighted by atomic mass is 35.5. The van der Waals surface area contributed by atoms with Gasteiger partial charge in [0.25, 0.3) is 0 Å². The van der Waals surface area contributed by atoms with Crippen LogP contribution >= 0.6 is 12.4 Å². The third kappa shape index (κ3) is 6.74. The Hall–Kier alpha value is -2.57. The number of anilines is 2. The van der Waals surface area contributed by atoms with Gasteiger partial charge in [-0.15, -0.1) is 12.4 Å². The van der Waals surface area contributed by atoms with Crippen molar-refractivity contribution in [1.29, 1.82) is 0 Å². The molecule has 5 N–H and O–H groups in total. The summed E-state index contributed by atoms with van der Waals surface area (Å²) in [7, 11) is 0. The van der Waals surface area contributed by atoms with Gasteiger partial charge >= 0.3 is 6.03 Å². The molecule has 26 heavy (non-hydrogen) atoms. The van der Waals surface area contributed by atoms with E-state index in [1.54, 1.807) is 13.0 Å². The van der Waals surface area contributed by atoms with E-state index >= 15 is 0 Å². The van der Waals surface area contributed by atoms with Gasteiger partial charge in [-0.3, -0.25) is 4.79 Å². The monoisotopic (exact) mass is 376 g/mol. The zero-order valence-electron chi connectivity index (χ0n) is 14.9. The summed E-state index contributed by atoms with van der Waals surface area (Å²) in [6.45, 7) is 4.44. The van der Waals surface area contributed by atoms with Gasteiger partial charge in [-0.1, -0.05) is 31.2 Å². The highest BCUT2D eigenvalue weighted by Gasteiger charge is 2.10. The van der Waals surface area contributed by atoms with Gasteiger partial charge in [0, 0.05) is 30.4 Å². The van der Waals surface area contributed by atoms with Gasteiger partial charge in [0.05, 0.1) is 0 Å². The van der Waals surface area contributed by atoms with Gasteiger partial charge in [0.2, 0.25) is 5.91 Å². The number of nitrogens with two attached hydrogens (primary N) is 1. The molecule has 0 bridgehead atoms. The Morgan fingerprint density at radius 3 is 2.27 bits per heavy atom. The number of rotatable bonds is 6. The Labute approximate surface area is 160 Å². The number of carbonyl (C=O) groups is 2. The van der Waals surface area contributed by atoms with Crippen LogP contribution in [-0.2, 0) is 11.3 Å². The van der Waals surface area contributed by atoms with Gasteiger partial charge in [-0.25, -0.2) is 4.79 Å². The molecule has 0 saturated carbocycles. The number of hydrogen-bond donors (Lipinski definition) is 4. The molecule has 0 spiro atoms. The first-order chi connectivity index (χ1) is 12.0. The Morgan fingerprint density at radius 2 is 1.65 bits per heavy atom. The fourth-order valence-electron chi connectivity index (χ4n) is 2.25. The maximum Gasteiger partial charge on any atom is 0.323 e. The summed E-state index contributed by atoms with van der Waals surface area (Å²) in [5, 5.41) is 8.41. The van der Waals surface area contributed by atoms with E-state index in [2.05, 4.69) is 16.0 Å². The molecule has 0 radical (unpaired) electrons. The molecule has 0 aliphatic heterocycles. The van der Waals surface area contributed by atoms with Crippen molar-refractivity contribution in [3.05, 3.63) is 59.7 Å². The van der Waals surface area contributed by atoms with Crippen LogP contribution in [0.2, 0.25) is 0 Å². The predicted molar refractivity (Wildman–Crippen MR) is 108 cm³/mol. The van der Waals surface area contributed by atoms with Gasteiger partial charge in [-0.05, 0) is 42.3 Å². The molecule has 0 aromatic heterocycles. The van der Waals surface area contributed by atoms with Gasteiger partial charge in [0.15, 0.2) is 0 Å². The summed E-state index contributed by atoms with van der Waals surface area (Å²) >= 11 is 0. The maximum absolute atomic E-state index is 12.1. The van der Waals surface area contributed by atoms with Crippen LogP contribution in [-0.4, -0.2) is 18.5 Å². The number of urea groups is 1. The van der Waals surface area contributed by atoms with Crippen molar-refractivity contribution in [2.45, 2.75) is 20.4 Å². The lowest BCUT2D eigenvalue weighted by atomic mass is 10.1. The number of hydrogen-bond acceptors (Lipinski definition) is 3. The highest BCUT2D eigenvalue weighted by Crippen LogP contribution is 2.13. The number of halogens is 1. The number of aryl methyl sites for hydroxylation is 1. The summed E-state index contributed by atoms with van der Waals surface area (Å²) in [6.07, 6.45) is 0. The fourth-order valence-corrected chi connectivity index (χ4v) is 2.25. The summed E-state index contributed by atoms with van der Waals surface area (Å²) in [4.78, 5) is 23.9. The maximum atomic E-state index is 12.1. The van der Waals surface area contributed by atoms with Gasteiger partial charge in [0.1, 0.15) is 0 Å². The van der Waals surface area contributed by atoms with E-state index in [-0.39, 0.29) is 30.3 Å². The minimum atomic E-state index is -0.316. The minimum absolute atomic E-state index is 0. The molecule has 6 nitrogen and oxygen atoms in total. The number of amides is 3. The van der Waals surface area contributed by atoms with Crippen molar-refractivity contribution in [3.8, 4) is 0 Å². The van der Waals surface area contributed by atoms with Crippen molar-refractivity contribution < 1.29 is 9.59 Å². The van der Waals surface area contributed by atoms with Crippen LogP contribution in [0.5, 0.6) is 0 Å². The van der Waals surface area contributed by atoms with Crippen LogP contribution in [0, 0.1) is 12.8 Å². The first kappa shape index (κ1) is 21.5. The molecule has 2 aromatic rings. The van der Waals surface area contributed by atoms with Crippen LogP contribution in [0.25, 0.3) is 0 Å². The number of benzene rings is 2. The molecule has 0 saturated heterocycles. The Morgan fingerprint density at radius 1 is 1.04 bits per heavy atom. The van der Waals surface area contributed by atoms with Crippen molar-refractivity contribution in [2.75, 3.05) is 17.2 Å². The molecule has 0 aliphatic rings. The smallest absolute Gasteiger partial charge is 0.323 e. The second-order valence-electron chi connectivity index (χ2n) is 6.00. The van der Waals surface area contributed by atoms with E-state index in [1.807, 2.05) is 49.4 Å². The van der Waals surface area contributed by atoms with Crippen LogP contribution in [0.4, 0.5) is 16.2 Å². The molecule has 0 heterocycles. The third-order valence-corrected chi connectivity index (χ3v) is 3.73. The first-order valence-electron chi connectivity index (χ1n) is 8.19. The van der Waals surface area contributed by atoms with Crippen LogP contribution in [0.3, 0.4) is 0 Å². The molecule has 0 fully saturated rings. The van der Waals surface area contributed by atoms with Gasteiger partial charge in [-0.2, -0.15) is 0 Å². The molecular weight excluding hydrogens is 352 g/mol. The predicted octanol–water partition coefficient (Wildman–Crippen LogP) is 3.27. The average molecular weight is 377 g/mol. The summed E-state index contributed by atoms with van der Waals surface area (Å²) < 4.78 is 0. The Balaban J connectivity index is 0.00000338. The number of nitrogens with one attached hydrogen (secondary N) is 3. The average Bonchev–Trinajstić information content (AvgIpc) is 2.59. The van der Waals surface area contributed by atoms with E-state index in [0.717, 1.165) is 16.8 Å². The third-order valence-electron chi connectivity index (χ3n) is 3.73. The first-order valence-corrected chi connectivity index (χ1v) is 8.19. The number of carbonyl (C=O) groups excluding carboxylic acids is 2. The van der Waals surface area contributed by atoms with E-state index in [1.165, 1.54) is 0 Å². The minimum Gasteiger partial charge on any atom is -0.352 e. The molecule has 0 aliphatic carbocycles. The topological polar surface area (TPSA) is 96.2 Å². The molecule has 2 aromatic carbocycles. The quantitative estimate of drug-likeness (QED) is 0.623. The Kier molecular flexibility index (Phi) is 8.61. The van der Waals surface area contributed by atoms with Crippen molar-refractivity contribution in [1.82, 2.24) is 5.32 Å². The van der Waals surface area contributed by atoms with Crippen LogP contribution < -0.4 is 21.7 Å². The second kappa shape index (κ2) is 10.4. The lowest BCUT2D eigenvalue weighted by Crippen LogP contribution is -2.32. The summed E-state index contributed by atoms with van der Waals surface area (Å²) in [5.41, 5.74) is 8.83. The second-order valence-corrected chi connectivity index (χ2v) is 6.00. The molecule has 1 atom stereocenters. The van der Waals surface area contributed by atoms with Crippen molar-refractivity contribution in [3.63, 3.8) is 0 Å². The zero-order valence-corrected chi connectivity index (χ0v) is 15.7. The van der Waals surface area contributed by atoms with E-state index in [4.69, 9.17) is 5.73 Å². The Bertz CT molecular complexity index is 752. The van der Waals surface area contributed by atoms with E-state index in [0.29, 0.717) is 18.8 Å². The van der Waals surface area contributed by atoms with E-state index in [9.17, 15) is 9.59 Å². The highest BCUT2D eigenvalue weighted by molar-refractivity contribution is 5.99. The van der Waals surface area contributed by atoms with Crippen molar-refractivity contribution >= 4 is 35.7 Å². The van der Waals surface area contributed by atoms with Crippen LogP contribution in [0.1, 0.15) is 18.1 Å². The largest absolute Gasteiger partial charge is 0.352 e. The molecule has 3 amide bonds. The molecule has 2 rings (SSSR count). The zero-order chi connectivity index (χ0) is 18.2. The lowest BCUT2D eigenvalue weighted by Gasteiger charge is -2.12. The SMILES string of the molecule is Cc1cccc(NC(=O)Nc2cccc(CNC(=O)C(C)CN)c2)c1.Cl. The van der Waals surface area contributed by atoms with E-state index < -0.39 is 0 Å². The fraction of sp³-hybridized carbons (Fsp3) is 0.263. The summed E-state index contributed by atoms with van der Waals surface area (Å²) in [6, 6.07) is 14.6. The normalized spacial score (nSPS) is 11.0. The lowest BCUT2D eigenvalue weighted by molar-refractivity contribution is -0.124. The van der Waals surface area contributed by atoms with Gasteiger partial charge < -0.3 is 21.7 Å². The molecular formula is C19H25ClN4O2. The summed E-state index contributed by atoms with van der Waals surface area (Å²) in [5.74, 6) is -0.306. The van der Waals surface area contributed by atoms with Crippen LogP contribution in [0.15, 0.2) is 48.5 Å². The standard InChI is InChI=1S/C19H24N4O2.ClH/c1-13-5-3-7-16(9-13)22-19(25)23-17-8-4-6-15(10-17)12-21-18(24)14(2)11-20;/h3-10,14H,11-12,20H2,1-2H3,(H,21,24)(H2,22,23,25);1H. The molecule has 140 valence electrons. The van der Waals surface area contributed by atoms with Crippen molar-refractivity contribution in [2.24, 2.45) is 11.7 Å². The molecule has 7 heteroatoms. The molecule has 1 unspecified atom stereocenters.